The third-order valence-corrected chi connectivity index (χ3v) is 4.43. The smallest absolute Gasteiger partial charge is 0.251 e. The molecule has 3 rings (SSSR count). The Bertz CT molecular complexity index is 919. The van der Waals surface area contributed by atoms with Crippen LogP contribution in [0.3, 0.4) is 0 Å². The molecule has 0 bridgehead atoms. The zero-order valence-corrected chi connectivity index (χ0v) is 15.6. The molecule has 0 saturated heterocycles. The van der Waals surface area contributed by atoms with Crippen LogP contribution in [0.4, 0.5) is 0 Å². The maximum atomic E-state index is 11.8. The zero-order valence-electron chi connectivity index (χ0n) is 15.6. The summed E-state index contributed by atoms with van der Waals surface area (Å²) < 4.78 is 7.64. The number of aryl methyl sites for hydroxylation is 3. The summed E-state index contributed by atoms with van der Waals surface area (Å²) in [5.74, 6) is 0.503. The third-order valence-electron chi connectivity index (χ3n) is 4.43. The SMILES string of the molecule is Cc1cc2nnn(CCCOc3ccc(C(=O)NCCO)cc3)c2cc1C. The van der Waals surface area contributed by atoms with Gasteiger partial charge in [0.1, 0.15) is 11.3 Å². The van der Waals surface area contributed by atoms with E-state index in [1.54, 1.807) is 24.3 Å². The highest BCUT2D eigenvalue weighted by molar-refractivity contribution is 5.94. The molecule has 3 aromatic rings. The molecule has 0 radical (unpaired) electrons. The molecule has 0 unspecified atom stereocenters. The van der Waals surface area contributed by atoms with E-state index in [4.69, 9.17) is 9.84 Å². The van der Waals surface area contributed by atoms with Crippen molar-refractivity contribution in [3.05, 3.63) is 53.1 Å². The maximum Gasteiger partial charge on any atom is 0.251 e. The lowest BCUT2D eigenvalue weighted by Gasteiger charge is -2.08. The summed E-state index contributed by atoms with van der Waals surface area (Å²) in [7, 11) is 0. The minimum Gasteiger partial charge on any atom is -0.494 e. The Morgan fingerprint density at radius 2 is 1.93 bits per heavy atom. The quantitative estimate of drug-likeness (QED) is 0.595. The van der Waals surface area contributed by atoms with Gasteiger partial charge in [0.05, 0.1) is 18.7 Å². The molecule has 0 atom stereocenters. The van der Waals surface area contributed by atoms with E-state index in [0.29, 0.717) is 17.9 Å². The molecule has 0 aliphatic heterocycles. The predicted octanol–water partition coefficient (Wildman–Crippen LogP) is 2.24. The fourth-order valence-electron chi connectivity index (χ4n) is 2.77. The van der Waals surface area contributed by atoms with Crippen molar-refractivity contribution in [2.24, 2.45) is 0 Å². The van der Waals surface area contributed by atoms with Crippen LogP contribution in [0.1, 0.15) is 27.9 Å². The van der Waals surface area contributed by atoms with E-state index in [1.165, 1.54) is 11.1 Å². The lowest BCUT2D eigenvalue weighted by Crippen LogP contribution is -2.26. The number of ether oxygens (including phenoxy) is 1. The van der Waals surface area contributed by atoms with Crippen LogP contribution in [0.5, 0.6) is 5.75 Å². The Morgan fingerprint density at radius 1 is 1.19 bits per heavy atom. The van der Waals surface area contributed by atoms with Crippen molar-refractivity contribution in [1.82, 2.24) is 20.3 Å². The van der Waals surface area contributed by atoms with Crippen molar-refractivity contribution >= 4 is 16.9 Å². The van der Waals surface area contributed by atoms with Crippen LogP contribution < -0.4 is 10.1 Å². The minimum absolute atomic E-state index is 0.0762. The van der Waals surface area contributed by atoms with Crippen molar-refractivity contribution in [3.8, 4) is 5.75 Å². The van der Waals surface area contributed by atoms with E-state index >= 15 is 0 Å². The average molecular weight is 368 g/mol. The maximum absolute atomic E-state index is 11.8. The predicted molar refractivity (Wildman–Crippen MR) is 103 cm³/mol. The first kappa shape index (κ1) is 18.8. The number of benzene rings is 2. The molecule has 7 nitrogen and oxygen atoms in total. The number of aliphatic hydroxyl groups excluding tert-OH is 1. The van der Waals surface area contributed by atoms with E-state index in [2.05, 4.69) is 41.6 Å². The molecular formula is C20H24N4O3. The van der Waals surface area contributed by atoms with Gasteiger partial charge in [0.25, 0.3) is 5.91 Å². The van der Waals surface area contributed by atoms with Gasteiger partial charge in [-0.15, -0.1) is 5.10 Å². The standard InChI is InChI=1S/C20H24N4O3/c1-14-12-18-19(13-15(14)2)24(23-22-18)9-3-11-27-17-6-4-16(5-7-17)20(26)21-8-10-25/h4-7,12-13,25H,3,8-11H2,1-2H3,(H,21,26). The van der Waals surface area contributed by atoms with Gasteiger partial charge in [-0.2, -0.15) is 0 Å². The van der Waals surface area contributed by atoms with Gasteiger partial charge in [0, 0.05) is 25.1 Å². The second-order valence-electron chi connectivity index (χ2n) is 6.44. The first-order valence-electron chi connectivity index (χ1n) is 9.01. The highest BCUT2D eigenvalue weighted by Gasteiger charge is 2.07. The van der Waals surface area contributed by atoms with Crippen LogP contribution in [0.2, 0.25) is 0 Å². The van der Waals surface area contributed by atoms with Gasteiger partial charge in [-0.25, -0.2) is 4.68 Å². The fraction of sp³-hybridized carbons (Fsp3) is 0.350. The molecule has 0 aliphatic rings. The summed E-state index contributed by atoms with van der Waals surface area (Å²) in [5, 5.41) is 19.8. The number of rotatable bonds is 8. The van der Waals surface area contributed by atoms with Crippen molar-refractivity contribution in [1.29, 1.82) is 0 Å². The van der Waals surface area contributed by atoms with Crippen molar-refractivity contribution in [2.45, 2.75) is 26.8 Å². The van der Waals surface area contributed by atoms with Crippen LogP contribution in [0.15, 0.2) is 36.4 Å². The van der Waals surface area contributed by atoms with E-state index in [-0.39, 0.29) is 19.1 Å². The van der Waals surface area contributed by atoms with Gasteiger partial charge in [0.15, 0.2) is 0 Å². The molecular weight excluding hydrogens is 344 g/mol. The summed E-state index contributed by atoms with van der Waals surface area (Å²) in [5.41, 5.74) is 4.93. The topological polar surface area (TPSA) is 89.3 Å². The van der Waals surface area contributed by atoms with Gasteiger partial charge >= 0.3 is 0 Å². The largest absolute Gasteiger partial charge is 0.494 e. The van der Waals surface area contributed by atoms with Gasteiger partial charge < -0.3 is 15.2 Å². The average Bonchev–Trinajstić information content (AvgIpc) is 3.06. The van der Waals surface area contributed by atoms with Crippen LogP contribution >= 0.6 is 0 Å². The molecule has 0 spiro atoms. The highest BCUT2D eigenvalue weighted by Crippen LogP contribution is 2.17. The van der Waals surface area contributed by atoms with Crippen LogP contribution in [0.25, 0.3) is 11.0 Å². The van der Waals surface area contributed by atoms with Crippen molar-refractivity contribution in [2.75, 3.05) is 19.8 Å². The second-order valence-corrected chi connectivity index (χ2v) is 6.44. The number of carbonyl (C=O) groups excluding carboxylic acids is 1. The van der Waals surface area contributed by atoms with Crippen LogP contribution in [-0.2, 0) is 6.54 Å². The van der Waals surface area contributed by atoms with E-state index < -0.39 is 0 Å². The lowest BCUT2D eigenvalue weighted by atomic mass is 10.1. The highest BCUT2D eigenvalue weighted by atomic mass is 16.5. The molecule has 2 N–H and O–H groups in total. The number of aromatic nitrogens is 3. The summed E-state index contributed by atoms with van der Waals surface area (Å²) in [6.45, 7) is 5.59. The molecule has 2 aromatic carbocycles. The number of aliphatic hydroxyl groups is 1. The van der Waals surface area contributed by atoms with E-state index in [9.17, 15) is 4.79 Å². The molecule has 142 valence electrons. The number of carbonyl (C=O) groups is 1. The number of amides is 1. The summed E-state index contributed by atoms with van der Waals surface area (Å²) >= 11 is 0. The lowest BCUT2D eigenvalue weighted by molar-refractivity contribution is 0.0944. The normalized spacial score (nSPS) is 10.9. The van der Waals surface area contributed by atoms with Crippen molar-refractivity contribution < 1.29 is 14.6 Å². The first-order chi connectivity index (χ1) is 13.1. The third kappa shape index (κ3) is 4.62. The zero-order chi connectivity index (χ0) is 19.2. The Kier molecular flexibility index (Phi) is 6.03. The van der Waals surface area contributed by atoms with Gasteiger partial charge in [-0.3, -0.25) is 4.79 Å². The Morgan fingerprint density at radius 3 is 2.67 bits per heavy atom. The number of hydrogen-bond acceptors (Lipinski definition) is 5. The molecule has 7 heteroatoms. The van der Waals surface area contributed by atoms with Crippen LogP contribution in [-0.4, -0.2) is 45.8 Å². The summed E-state index contributed by atoms with van der Waals surface area (Å²) in [6, 6.07) is 11.1. The number of nitrogens with one attached hydrogen (secondary N) is 1. The second kappa shape index (κ2) is 8.64. The Hall–Kier alpha value is -2.93. The molecule has 1 aromatic heterocycles. The van der Waals surface area contributed by atoms with Gasteiger partial charge in [0.2, 0.25) is 0 Å². The molecule has 1 amide bonds. The molecule has 0 aliphatic carbocycles. The van der Waals surface area contributed by atoms with Crippen molar-refractivity contribution in [3.63, 3.8) is 0 Å². The van der Waals surface area contributed by atoms with Gasteiger partial charge in [-0.1, -0.05) is 5.21 Å². The molecule has 0 saturated carbocycles. The first-order valence-corrected chi connectivity index (χ1v) is 9.01. The van der Waals surface area contributed by atoms with E-state index in [1.807, 2.05) is 4.68 Å². The summed E-state index contributed by atoms with van der Waals surface area (Å²) in [6.07, 6.45) is 0.796. The van der Waals surface area contributed by atoms with E-state index in [0.717, 1.165) is 24.0 Å². The molecule has 0 fully saturated rings. The minimum atomic E-state index is -0.209. The molecule has 1 heterocycles. The van der Waals surface area contributed by atoms with Gasteiger partial charge in [-0.05, 0) is 61.4 Å². The Labute approximate surface area is 158 Å². The fourth-order valence-corrected chi connectivity index (χ4v) is 2.77. The summed E-state index contributed by atoms with van der Waals surface area (Å²) in [4.78, 5) is 11.8. The van der Waals surface area contributed by atoms with Crippen LogP contribution in [0, 0.1) is 13.8 Å². The number of nitrogens with zero attached hydrogens (tertiary/aromatic N) is 3. The Balaban J connectivity index is 1.50. The molecule has 27 heavy (non-hydrogen) atoms. The monoisotopic (exact) mass is 368 g/mol. The number of hydrogen-bond donors (Lipinski definition) is 2. The number of fused-ring (bicyclic) bond motifs is 1.